The van der Waals surface area contributed by atoms with Crippen LogP contribution in [0, 0.1) is 5.92 Å². The van der Waals surface area contributed by atoms with Gasteiger partial charge in [0.15, 0.2) is 0 Å². The maximum Gasteiger partial charge on any atom is 0.243 e. The average Bonchev–Trinajstić information content (AvgIpc) is 2.86. The van der Waals surface area contributed by atoms with Crippen LogP contribution in [-0.4, -0.2) is 34.1 Å². The van der Waals surface area contributed by atoms with Gasteiger partial charge >= 0.3 is 0 Å². The van der Waals surface area contributed by atoms with Crippen molar-refractivity contribution in [3.05, 3.63) is 0 Å². The molecule has 7 heteroatoms. The van der Waals surface area contributed by atoms with Crippen LogP contribution in [0.3, 0.4) is 0 Å². The van der Waals surface area contributed by atoms with Crippen molar-refractivity contribution in [3.63, 3.8) is 0 Å². The average molecular weight is 249 g/mol. The second-order valence-electron chi connectivity index (χ2n) is 5.08. The molecule has 3 rings (SSSR count). The number of aromatic nitrogens is 3. The van der Waals surface area contributed by atoms with Crippen LogP contribution in [0.1, 0.15) is 26.2 Å². The zero-order valence-corrected chi connectivity index (χ0v) is 10.6. The lowest BCUT2D eigenvalue weighted by Gasteiger charge is -2.16. The maximum atomic E-state index is 5.41. The Hall–Kier alpha value is -1.63. The van der Waals surface area contributed by atoms with E-state index in [-0.39, 0.29) is 0 Å². The number of anilines is 3. The van der Waals surface area contributed by atoms with E-state index in [0.717, 1.165) is 13.1 Å². The van der Waals surface area contributed by atoms with Crippen LogP contribution >= 0.6 is 0 Å². The van der Waals surface area contributed by atoms with Gasteiger partial charge in [0.05, 0.1) is 0 Å². The highest BCUT2D eigenvalue weighted by molar-refractivity contribution is 5.44. The molecule has 1 saturated heterocycles. The zero-order chi connectivity index (χ0) is 12.5. The Morgan fingerprint density at radius 3 is 2.44 bits per heavy atom. The van der Waals surface area contributed by atoms with Gasteiger partial charge in [-0.15, -0.1) is 0 Å². The first-order valence-corrected chi connectivity index (χ1v) is 6.50. The molecule has 0 spiro atoms. The number of nitrogen functional groups attached to an aromatic ring is 1. The summed E-state index contributed by atoms with van der Waals surface area (Å²) in [4.78, 5) is 15.2. The summed E-state index contributed by atoms with van der Waals surface area (Å²) in [5, 5.41) is 3.32. The smallest absolute Gasteiger partial charge is 0.243 e. The highest BCUT2D eigenvalue weighted by Gasteiger charge is 2.33. The normalized spacial score (nSPS) is 26.2. The van der Waals surface area contributed by atoms with Gasteiger partial charge in [0.25, 0.3) is 0 Å². The molecule has 2 atom stereocenters. The largest absolute Gasteiger partial charge is 0.351 e. The lowest BCUT2D eigenvalue weighted by molar-refractivity contribution is 0.865. The van der Waals surface area contributed by atoms with Crippen LogP contribution in [-0.2, 0) is 0 Å². The Balaban J connectivity index is 1.81. The number of hydrazine groups is 1. The molecule has 1 saturated carbocycles. The molecule has 0 amide bonds. The van der Waals surface area contributed by atoms with Crippen molar-refractivity contribution >= 4 is 17.8 Å². The Labute approximate surface area is 106 Å². The minimum atomic E-state index is 0.419. The lowest BCUT2D eigenvalue weighted by Crippen LogP contribution is -2.23. The molecule has 2 heterocycles. The first kappa shape index (κ1) is 11.5. The molecule has 2 fully saturated rings. The van der Waals surface area contributed by atoms with Crippen molar-refractivity contribution in [2.24, 2.45) is 11.8 Å². The molecule has 1 aliphatic carbocycles. The molecule has 2 aliphatic rings. The monoisotopic (exact) mass is 249 g/mol. The third-order valence-corrected chi connectivity index (χ3v) is 3.57. The summed E-state index contributed by atoms with van der Waals surface area (Å²) in [6, 6.07) is 0.490. The van der Waals surface area contributed by atoms with Crippen LogP contribution in [0.25, 0.3) is 0 Å². The number of hydrogen-bond donors (Lipinski definition) is 3. The minimum absolute atomic E-state index is 0.419. The van der Waals surface area contributed by atoms with E-state index in [4.69, 9.17) is 5.84 Å². The van der Waals surface area contributed by atoms with E-state index >= 15 is 0 Å². The van der Waals surface area contributed by atoms with Gasteiger partial charge in [0.2, 0.25) is 17.8 Å². The third kappa shape index (κ3) is 2.31. The molecule has 1 aromatic rings. The van der Waals surface area contributed by atoms with Crippen molar-refractivity contribution in [2.75, 3.05) is 28.7 Å². The molecule has 2 unspecified atom stereocenters. The first-order chi connectivity index (χ1) is 8.76. The second-order valence-corrected chi connectivity index (χ2v) is 5.08. The Morgan fingerprint density at radius 2 is 1.83 bits per heavy atom. The minimum Gasteiger partial charge on any atom is -0.351 e. The van der Waals surface area contributed by atoms with E-state index < -0.39 is 0 Å². The van der Waals surface area contributed by atoms with Gasteiger partial charge in [-0.3, -0.25) is 5.43 Å². The molecular formula is C11H19N7. The van der Waals surface area contributed by atoms with E-state index in [1.807, 2.05) is 0 Å². The first-order valence-electron chi connectivity index (χ1n) is 6.50. The summed E-state index contributed by atoms with van der Waals surface area (Å²) < 4.78 is 0. The number of nitrogens with zero attached hydrogens (tertiary/aromatic N) is 4. The maximum absolute atomic E-state index is 5.41. The summed E-state index contributed by atoms with van der Waals surface area (Å²) in [6.07, 6.45) is 3.56. The fourth-order valence-electron chi connectivity index (χ4n) is 2.24. The quantitative estimate of drug-likeness (QED) is 0.531. The fraction of sp³-hybridized carbons (Fsp3) is 0.727. The van der Waals surface area contributed by atoms with Gasteiger partial charge in [-0.1, -0.05) is 6.92 Å². The van der Waals surface area contributed by atoms with Gasteiger partial charge in [-0.25, -0.2) is 5.84 Å². The van der Waals surface area contributed by atoms with Gasteiger partial charge in [-0.05, 0) is 25.2 Å². The molecule has 1 aliphatic heterocycles. The summed E-state index contributed by atoms with van der Waals surface area (Å²) in [5.41, 5.74) is 2.51. The van der Waals surface area contributed by atoms with Crippen LogP contribution in [0.2, 0.25) is 0 Å². The van der Waals surface area contributed by atoms with E-state index in [2.05, 4.69) is 37.5 Å². The van der Waals surface area contributed by atoms with Gasteiger partial charge in [-0.2, -0.15) is 15.0 Å². The molecule has 0 aromatic carbocycles. The molecule has 1 aromatic heterocycles. The number of rotatable bonds is 4. The van der Waals surface area contributed by atoms with Crippen LogP contribution in [0.15, 0.2) is 0 Å². The van der Waals surface area contributed by atoms with E-state index in [0.29, 0.717) is 29.8 Å². The fourth-order valence-corrected chi connectivity index (χ4v) is 2.24. The Kier molecular flexibility index (Phi) is 2.91. The molecule has 18 heavy (non-hydrogen) atoms. The summed E-state index contributed by atoms with van der Waals surface area (Å²) in [7, 11) is 0. The van der Waals surface area contributed by atoms with E-state index in [1.54, 1.807) is 0 Å². The van der Waals surface area contributed by atoms with Crippen LogP contribution in [0.5, 0.6) is 0 Å². The lowest BCUT2D eigenvalue weighted by atomic mass is 10.4. The summed E-state index contributed by atoms with van der Waals surface area (Å²) >= 11 is 0. The molecule has 98 valence electrons. The predicted molar refractivity (Wildman–Crippen MR) is 70.3 cm³/mol. The van der Waals surface area contributed by atoms with Crippen molar-refractivity contribution < 1.29 is 0 Å². The zero-order valence-electron chi connectivity index (χ0n) is 10.6. The standard InChI is InChI=1S/C11H19N7/c1-7-6-8(7)13-9-14-10(17-12)16-11(15-9)18-4-2-3-5-18/h7-8H,2-6,12H2,1H3,(H2,13,14,15,16,17). The highest BCUT2D eigenvalue weighted by atomic mass is 15.4. The SMILES string of the molecule is CC1CC1Nc1nc(NN)nc(N2CCCC2)n1. The van der Waals surface area contributed by atoms with Crippen molar-refractivity contribution in [3.8, 4) is 0 Å². The van der Waals surface area contributed by atoms with Crippen molar-refractivity contribution in [1.82, 2.24) is 15.0 Å². The van der Waals surface area contributed by atoms with Gasteiger partial charge < -0.3 is 10.2 Å². The molecule has 0 radical (unpaired) electrons. The van der Waals surface area contributed by atoms with E-state index in [1.165, 1.54) is 19.3 Å². The van der Waals surface area contributed by atoms with Gasteiger partial charge in [0.1, 0.15) is 0 Å². The van der Waals surface area contributed by atoms with Crippen molar-refractivity contribution in [1.29, 1.82) is 0 Å². The summed E-state index contributed by atoms with van der Waals surface area (Å²) in [5.74, 6) is 7.86. The highest BCUT2D eigenvalue weighted by Crippen LogP contribution is 2.32. The molecule has 4 N–H and O–H groups in total. The Bertz CT molecular complexity index is 429. The molecule has 7 nitrogen and oxygen atoms in total. The predicted octanol–water partition coefficient (Wildman–Crippen LogP) is 0.578. The molecular weight excluding hydrogens is 230 g/mol. The van der Waals surface area contributed by atoms with Crippen LogP contribution < -0.4 is 21.5 Å². The summed E-state index contributed by atoms with van der Waals surface area (Å²) in [6.45, 7) is 4.23. The topological polar surface area (TPSA) is 92.0 Å². The molecule has 0 bridgehead atoms. The van der Waals surface area contributed by atoms with Crippen molar-refractivity contribution in [2.45, 2.75) is 32.2 Å². The second kappa shape index (κ2) is 4.56. The number of nitrogens with two attached hydrogens (primary N) is 1. The van der Waals surface area contributed by atoms with E-state index in [9.17, 15) is 0 Å². The number of nitrogens with one attached hydrogen (secondary N) is 2. The Morgan fingerprint density at radius 1 is 1.17 bits per heavy atom. The van der Waals surface area contributed by atoms with Gasteiger partial charge in [0, 0.05) is 19.1 Å². The third-order valence-electron chi connectivity index (χ3n) is 3.57. The number of hydrogen-bond acceptors (Lipinski definition) is 7. The van der Waals surface area contributed by atoms with Crippen LogP contribution in [0.4, 0.5) is 17.8 Å².